The van der Waals surface area contributed by atoms with E-state index in [9.17, 15) is 0 Å². The number of hydrogen-bond acceptors (Lipinski definition) is 2. The largest absolute Gasteiger partial charge is 0.303 e. The number of thiocarbonyl (C=S) groups is 1. The van der Waals surface area contributed by atoms with Crippen LogP contribution in [0.3, 0.4) is 0 Å². The Morgan fingerprint density at radius 2 is 1.89 bits per heavy atom. The van der Waals surface area contributed by atoms with E-state index in [-0.39, 0.29) is 0 Å². The van der Waals surface area contributed by atoms with Crippen molar-refractivity contribution in [2.45, 2.75) is 13.8 Å². The Bertz CT molecular complexity index is 103. The van der Waals surface area contributed by atoms with Crippen molar-refractivity contribution in [2.24, 2.45) is 0 Å². The molecular weight excluding hydrogens is 132 g/mol. The highest BCUT2D eigenvalue weighted by atomic mass is 32.1. The fourth-order valence-electron chi connectivity index (χ4n) is 0.453. The van der Waals surface area contributed by atoms with Crippen molar-refractivity contribution in [3.63, 3.8) is 0 Å². The van der Waals surface area contributed by atoms with Gasteiger partial charge in [-0.15, -0.1) is 0 Å². The first-order chi connectivity index (χ1) is 4.09. The molecule has 2 nitrogen and oxygen atoms in total. The highest BCUT2D eigenvalue weighted by Gasteiger charge is 2.01. The van der Waals surface area contributed by atoms with Crippen LogP contribution < -0.4 is 0 Å². The zero-order chi connectivity index (χ0) is 7.44. The molecule has 0 aromatic carbocycles. The van der Waals surface area contributed by atoms with E-state index in [0.29, 0.717) is 0 Å². The normalized spacial score (nSPS) is 9.89. The Kier molecular flexibility index (Phi) is 3.73. The van der Waals surface area contributed by atoms with Gasteiger partial charge < -0.3 is 5.01 Å². The molecule has 0 radical (unpaired) electrons. The van der Waals surface area contributed by atoms with Gasteiger partial charge in [0.25, 0.3) is 0 Å². The van der Waals surface area contributed by atoms with Crippen molar-refractivity contribution >= 4 is 17.2 Å². The minimum Gasteiger partial charge on any atom is -0.303 e. The predicted molar refractivity (Wildman–Crippen MR) is 44.3 cm³/mol. The zero-order valence-corrected chi connectivity index (χ0v) is 7.33. The summed E-state index contributed by atoms with van der Waals surface area (Å²) in [6.07, 6.45) is 0. The molecule has 9 heavy (non-hydrogen) atoms. The van der Waals surface area contributed by atoms with Crippen LogP contribution in [-0.2, 0) is 0 Å². The van der Waals surface area contributed by atoms with Crippen molar-refractivity contribution in [3.05, 3.63) is 0 Å². The summed E-state index contributed by atoms with van der Waals surface area (Å²) in [5.41, 5.74) is 0. The van der Waals surface area contributed by atoms with Crippen LogP contribution in [0.25, 0.3) is 0 Å². The summed E-state index contributed by atoms with van der Waals surface area (Å²) in [4.78, 5) is 0.902. The first-order valence-corrected chi connectivity index (χ1v) is 3.45. The van der Waals surface area contributed by atoms with Gasteiger partial charge in [0.2, 0.25) is 0 Å². The molecule has 0 aliphatic heterocycles. The number of hydrazine groups is 1. The number of rotatable bonds is 2. The maximum Gasteiger partial charge on any atom is 0.0889 e. The van der Waals surface area contributed by atoms with E-state index >= 15 is 0 Å². The maximum atomic E-state index is 4.94. The van der Waals surface area contributed by atoms with Crippen molar-refractivity contribution in [3.8, 4) is 0 Å². The van der Waals surface area contributed by atoms with Gasteiger partial charge in [0, 0.05) is 20.6 Å². The number of hydrogen-bond donors (Lipinski definition) is 0. The van der Waals surface area contributed by atoms with E-state index in [1.54, 1.807) is 0 Å². The fourth-order valence-corrected chi connectivity index (χ4v) is 0.592. The van der Waals surface area contributed by atoms with Crippen molar-refractivity contribution < 1.29 is 0 Å². The average Bonchev–Trinajstić information content (AvgIpc) is 1.84. The summed E-state index contributed by atoms with van der Waals surface area (Å²) in [6.45, 7) is 5.00. The first-order valence-electron chi connectivity index (χ1n) is 3.05. The van der Waals surface area contributed by atoms with Crippen molar-refractivity contribution in [1.29, 1.82) is 0 Å². The molecule has 0 aliphatic carbocycles. The molecule has 0 atom stereocenters. The summed E-state index contributed by atoms with van der Waals surface area (Å²) in [6, 6.07) is 0. The molecular formula is C6H14N2S. The predicted octanol–water partition coefficient (Wildman–Crippen LogP) is 1.13. The van der Waals surface area contributed by atoms with Gasteiger partial charge in [0.1, 0.15) is 0 Å². The molecule has 0 rings (SSSR count). The van der Waals surface area contributed by atoms with Gasteiger partial charge in [-0.25, -0.2) is 5.01 Å². The molecule has 0 heterocycles. The molecule has 0 aromatic rings. The summed E-state index contributed by atoms with van der Waals surface area (Å²) >= 11 is 4.94. The van der Waals surface area contributed by atoms with Crippen LogP contribution in [0.15, 0.2) is 0 Å². The lowest BCUT2D eigenvalue weighted by atomic mass is 10.6. The van der Waals surface area contributed by atoms with E-state index in [1.165, 1.54) is 0 Å². The highest BCUT2D eigenvalue weighted by Crippen LogP contribution is 1.90. The third kappa shape index (κ3) is 2.77. The Morgan fingerprint density at radius 3 is 2.00 bits per heavy atom. The summed E-state index contributed by atoms with van der Waals surface area (Å²) < 4.78 is 0. The Labute approximate surface area is 62.4 Å². The van der Waals surface area contributed by atoms with E-state index in [4.69, 9.17) is 12.2 Å². The molecule has 0 unspecified atom stereocenters. The van der Waals surface area contributed by atoms with Gasteiger partial charge in [-0.2, -0.15) is 0 Å². The zero-order valence-electron chi connectivity index (χ0n) is 6.51. The van der Waals surface area contributed by atoms with Gasteiger partial charge in [-0.3, -0.25) is 0 Å². The molecule has 0 aromatic heterocycles. The summed E-state index contributed by atoms with van der Waals surface area (Å²) in [5, 5.41) is 4.01. The summed E-state index contributed by atoms with van der Waals surface area (Å²) in [5.74, 6) is 0. The lowest BCUT2D eigenvalue weighted by molar-refractivity contribution is 0.116. The Balaban J connectivity index is 3.72. The molecule has 0 amide bonds. The van der Waals surface area contributed by atoms with Crippen LogP contribution in [0.5, 0.6) is 0 Å². The lowest BCUT2D eigenvalue weighted by Gasteiger charge is -2.27. The van der Waals surface area contributed by atoms with Crippen LogP contribution in [-0.4, -0.2) is 35.6 Å². The van der Waals surface area contributed by atoms with E-state index < -0.39 is 0 Å². The van der Waals surface area contributed by atoms with Crippen LogP contribution in [0, 0.1) is 0 Å². The molecule has 0 aliphatic rings. The Morgan fingerprint density at radius 1 is 1.44 bits per heavy atom. The Hall–Kier alpha value is -0.150. The number of nitrogens with zero attached hydrogens (tertiary/aromatic N) is 2. The SMILES string of the molecule is CCN(C)N(C)C(C)=S. The van der Waals surface area contributed by atoms with Gasteiger partial charge in [0.15, 0.2) is 0 Å². The second-order valence-corrected chi connectivity index (χ2v) is 2.61. The van der Waals surface area contributed by atoms with Gasteiger partial charge in [-0.1, -0.05) is 19.1 Å². The standard InChI is InChI=1S/C6H14N2S/c1-5-7(3)8(4)6(2)9/h5H2,1-4H3. The molecule has 0 fully saturated rings. The first kappa shape index (κ1) is 8.85. The maximum absolute atomic E-state index is 4.94. The molecule has 0 bridgehead atoms. The molecule has 3 heteroatoms. The van der Waals surface area contributed by atoms with Crippen LogP contribution in [0.1, 0.15) is 13.8 Å². The van der Waals surface area contributed by atoms with Crippen LogP contribution in [0.2, 0.25) is 0 Å². The van der Waals surface area contributed by atoms with Gasteiger partial charge in [0.05, 0.1) is 4.99 Å². The van der Waals surface area contributed by atoms with Crippen molar-refractivity contribution in [1.82, 2.24) is 10.0 Å². The lowest BCUT2D eigenvalue weighted by Crippen LogP contribution is -2.38. The van der Waals surface area contributed by atoms with Gasteiger partial charge in [-0.05, 0) is 6.92 Å². The summed E-state index contributed by atoms with van der Waals surface area (Å²) in [7, 11) is 3.97. The van der Waals surface area contributed by atoms with E-state index in [0.717, 1.165) is 11.5 Å². The third-order valence-corrected chi connectivity index (χ3v) is 1.69. The monoisotopic (exact) mass is 146 g/mol. The minimum absolute atomic E-state index is 0.902. The molecule has 0 saturated carbocycles. The van der Waals surface area contributed by atoms with Crippen LogP contribution in [0.4, 0.5) is 0 Å². The second kappa shape index (κ2) is 3.80. The molecule has 0 saturated heterocycles. The van der Waals surface area contributed by atoms with E-state index in [1.807, 2.05) is 26.0 Å². The average molecular weight is 146 g/mol. The quantitative estimate of drug-likeness (QED) is 0.426. The smallest absolute Gasteiger partial charge is 0.0889 e. The van der Waals surface area contributed by atoms with Crippen molar-refractivity contribution in [2.75, 3.05) is 20.6 Å². The fraction of sp³-hybridized carbons (Fsp3) is 0.833. The van der Waals surface area contributed by atoms with Gasteiger partial charge >= 0.3 is 0 Å². The minimum atomic E-state index is 0.902. The highest BCUT2D eigenvalue weighted by molar-refractivity contribution is 7.80. The second-order valence-electron chi connectivity index (χ2n) is 2.02. The topological polar surface area (TPSA) is 6.48 Å². The molecule has 0 spiro atoms. The van der Waals surface area contributed by atoms with Crippen LogP contribution >= 0.6 is 12.2 Å². The molecule has 0 N–H and O–H groups in total. The van der Waals surface area contributed by atoms with E-state index in [2.05, 4.69) is 11.9 Å². The molecule has 54 valence electrons. The third-order valence-electron chi connectivity index (χ3n) is 1.43.